The molecule has 0 spiro atoms. The smallest absolute Gasteiger partial charge is 0.252 e. The van der Waals surface area contributed by atoms with Crippen LogP contribution in [0.4, 0.5) is 45.5 Å². The lowest BCUT2D eigenvalue weighted by Gasteiger charge is -2.52. The standard InChI is InChI=1S/C88H104BN3/c1-54-43-62-67(86(18,19)53-85(62,16)17)50-73(54)91-75-52-66-64(82(10,11)40-42-84(66,14)15)49-70(75)89-69-48-63-65(83(12,13)41-39-81(63,8)9)51-74(69)90(71-36-34-59(80(5,6)7)45-61(71)56-27-23-22-24-28-56)76-46-60(47-77(91)78(76)89)92-72-35-31-57(55-29-32-58(33-30-55)79(2,3)4)44-68(72)87(20)37-25-26-38-88(87,92)21/h22-24,27-36,43-52H,25-26,37-42,53H2,1-21H3. The molecule has 1 fully saturated rings. The van der Waals surface area contributed by atoms with Gasteiger partial charge in [-0.05, 0) is 245 Å². The highest BCUT2D eigenvalue weighted by atomic mass is 15.3. The van der Waals surface area contributed by atoms with Crippen molar-refractivity contribution in [1.29, 1.82) is 0 Å². The van der Waals surface area contributed by atoms with Gasteiger partial charge in [0, 0.05) is 50.8 Å². The first-order valence-electron chi connectivity index (χ1n) is 35.5. The molecule has 0 aromatic heterocycles. The second-order valence-corrected chi connectivity index (χ2v) is 36.6. The van der Waals surface area contributed by atoms with E-state index in [4.69, 9.17) is 0 Å². The minimum atomic E-state index is -0.219. The summed E-state index contributed by atoms with van der Waals surface area (Å²) < 4.78 is 0. The van der Waals surface area contributed by atoms with E-state index in [1.807, 2.05) is 0 Å². The summed E-state index contributed by atoms with van der Waals surface area (Å²) in [7, 11) is 0. The normalized spacial score (nSPS) is 23.0. The Morgan fingerprint density at radius 2 is 0.815 bits per heavy atom. The van der Waals surface area contributed by atoms with Gasteiger partial charge in [-0.1, -0.05) is 229 Å². The van der Waals surface area contributed by atoms with Gasteiger partial charge in [0.1, 0.15) is 0 Å². The van der Waals surface area contributed by atoms with Gasteiger partial charge in [-0.15, -0.1) is 0 Å². The van der Waals surface area contributed by atoms with Crippen molar-refractivity contribution < 1.29 is 0 Å². The summed E-state index contributed by atoms with van der Waals surface area (Å²) in [4.78, 5) is 8.57. The molecule has 15 rings (SSSR count). The van der Waals surface area contributed by atoms with Crippen LogP contribution in [0.2, 0.25) is 0 Å². The first-order chi connectivity index (χ1) is 43.0. The number of nitrogens with zero attached hydrogens (tertiary/aromatic N) is 3. The number of hydrogen-bond acceptors (Lipinski definition) is 3. The molecular formula is C88H104BN3. The molecule has 92 heavy (non-hydrogen) atoms. The van der Waals surface area contributed by atoms with Crippen molar-refractivity contribution >= 4 is 68.6 Å². The SMILES string of the molecule is Cc1cc2c(cc1N1c3cc4c(cc3B3c5cc6c(cc5N(c5ccc(C(C)(C)C)cc5-c5ccccc5)c5cc(N7c8ccc(-c9ccc(C(C)(C)C)cc9)cc8C8(C)CCCCC78C)cc1c53)C(C)(C)CCC6(C)C)C(C)(C)CCC4(C)C)C(C)(C)CC2(C)C. The van der Waals surface area contributed by atoms with Crippen molar-refractivity contribution in [2.75, 3.05) is 14.7 Å². The van der Waals surface area contributed by atoms with Crippen LogP contribution < -0.4 is 31.1 Å². The van der Waals surface area contributed by atoms with Crippen LogP contribution in [0.5, 0.6) is 0 Å². The molecule has 0 saturated heterocycles. The first-order valence-corrected chi connectivity index (χ1v) is 35.5. The molecule has 0 N–H and O–H groups in total. The van der Waals surface area contributed by atoms with E-state index < -0.39 is 0 Å². The maximum absolute atomic E-state index is 2.90. The van der Waals surface area contributed by atoms with Gasteiger partial charge in [-0.2, -0.15) is 0 Å². The van der Waals surface area contributed by atoms with Crippen molar-refractivity contribution in [2.24, 2.45) is 0 Å². The lowest BCUT2D eigenvalue weighted by atomic mass is 9.32. The molecule has 3 heterocycles. The van der Waals surface area contributed by atoms with Gasteiger partial charge >= 0.3 is 0 Å². The molecule has 2 atom stereocenters. The van der Waals surface area contributed by atoms with Gasteiger partial charge < -0.3 is 14.7 Å². The third kappa shape index (κ3) is 8.92. The molecular weight excluding hydrogens is 1110 g/mol. The Bertz CT molecular complexity index is 4400. The highest BCUT2D eigenvalue weighted by molar-refractivity contribution is 7.00. The van der Waals surface area contributed by atoms with Crippen LogP contribution in [0, 0.1) is 6.92 Å². The lowest BCUT2D eigenvalue weighted by Crippen LogP contribution is -2.62. The molecule has 3 aliphatic heterocycles. The molecule has 1 saturated carbocycles. The fraction of sp³-hybridized carbons (Fsp3) is 0.455. The Morgan fingerprint density at radius 3 is 1.36 bits per heavy atom. The minimum Gasteiger partial charge on any atom is -0.334 e. The van der Waals surface area contributed by atoms with Crippen LogP contribution in [-0.2, 0) is 48.7 Å². The van der Waals surface area contributed by atoms with Crippen molar-refractivity contribution in [3.8, 4) is 22.3 Å². The van der Waals surface area contributed by atoms with Crippen LogP contribution in [0.15, 0.2) is 140 Å². The van der Waals surface area contributed by atoms with E-state index in [9.17, 15) is 0 Å². The van der Waals surface area contributed by atoms with E-state index in [0.29, 0.717) is 0 Å². The van der Waals surface area contributed by atoms with Crippen molar-refractivity contribution in [3.63, 3.8) is 0 Å². The van der Waals surface area contributed by atoms with E-state index in [0.717, 1.165) is 44.9 Å². The number of fused-ring (bicyclic) bond motifs is 10. The predicted molar refractivity (Wildman–Crippen MR) is 398 cm³/mol. The summed E-state index contributed by atoms with van der Waals surface area (Å²) in [6.07, 6.45) is 10.4. The van der Waals surface area contributed by atoms with Gasteiger partial charge in [0.15, 0.2) is 0 Å². The van der Waals surface area contributed by atoms with Crippen molar-refractivity contribution in [3.05, 3.63) is 195 Å². The van der Waals surface area contributed by atoms with E-state index >= 15 is 0 Å². The largest absolute Gasteiger partial charge is 0.334 e. The fourth-order valence-corrected chi connectivity index (χ4v) is 19.6. The third-order valence-electron chi connectivity index (χ3n) is 25.5. The van der Waals surface area contributed by atoms with Gasteiger partial charge in [0.05, 0.1) is 11.2 Å². The van der Waals surface area contributed by atoms with E-state index in [1.54, 1.807) is 0 Å². The van der Waals surface area contributed by atoms with Crippen LogP contribution >= 0.6 is 0 Å². The molecule has 474 valence electrons. The number of rotatable bonds is 5. The van der Waals surface area contributed by atoms with Gasteiger partial charge in [0.2, 0.25) is 0 Å². The summed E-state index contributed by atoms with van der Waals surface area (Å²) in [5.41, 5.74) is 34.2. The van der Waals surface area contributed by atoms with Crippen LogP contribution in [0.1, 0.15) is 252 Å². The molecule has 4 aliphatic carbocycles. The number of anilines is 8. The lowest BCUT2D eigenvalue weighted by molar-refractivity contribution is 0.195. The topological polar surface area (TPSA) is 9.72 Å². The zero-order valence-corrected chi connectivity index (χ0v) is 60.1. The average Bonchev–Trinajstić information content (AvgIpc) is 1.08. The molecule has 0 amide bonds. The first kappa shape index (κ1) is 61.4. The Kier molecular flexibility index (Phi) is 13.1. The molecule has 2 unspecified atom stereocenters. The maximum atomic E-state index is 2.90. The quantitative estimate of drug-likeness (QED) is 0.159. The molecule has 8 aromatic rings. The summed E-state index contributed by atoms with van der Waals surface area (Å²) in [5.74, 6) is 0. The predicted octanol–water partition coefficient (Wildman–Crippen LogP) is 22.4. The Balaban J connectivity index is 1.11. The molecule has 7 aliphatic rings. The number of aryl methyl sites for hydroxylation is 1. The van der Waals surface area contributed by atoms with Crippen LogP contribution in [0.25, 0.3) is 22.3 Å². The van der Waals surface area contributed by atoms with Crippen molar-refractivity contribution in [1.82, 2.24) is 0 Å². The summed E-state index contributed by atoms with van der Waals surface area (Å²) in [5, 5.41) is 0. The summed E-state index contributed by atoms with van der Waals surface area (Å²) in [6, 6.07) is 57.8. The van der Waals surface area contributed by atoms with E-state index in [-0.39, 0.29) is 61.0 Å². The molecule has 0 radical (unpaired) electrons. The average molecular weight is 1210 g/mol. The Labute approximate surface area is 554 Å². The molecule has 3 nitrogen and oxygen atoms in total. The molecule has 8 aromatic carbocycles. The molecule has 0 bridgehead atoms. The van der Waals surface area contributed by atoms with Crippen LogP contribution in [-0.4, -0.2) is 12.3 Å². The van der Waals surface area contributed by atoms with E-state index in [1.165, 1.54) is 153 Å². The van der Waals surface area contributed by atoms with Gasteiger partial charge in [0.25, 0.3) is 6.71 Å². The number of benzene rings is 8. The zero-order valence-electron chi connectivity index (χ0n) is 60.1. The number of hydrogen-bond donors (Lipinski definition) is 0. The molecule has 4 heteroatoms. The maximum Gasteiger partial charge on any atom is 0.252 e. The Hall–Kier alpha value is -6.78. The second kappa shape index (κ2) is 19.7. The monoisotopic (exact) mass is 1210 g/mol. The van der Waals surface area contributed by atoms with E-state index in [2.05, 4.69) is 300 Å². The second-order valence-electron chi connectivity index (χ2n) is 36.6. The zero-order chi connectivity index (χ0) is 65.4. The fourth-order valence-electron chi connectivity index (χ4n) is 19.6. The van der Waals surface area contributed by atoms with Crippen molar-refractivity contribution in [2.45, 2.75) is 257 Å². The Morgan fingerprint density at radius 1 is 0.359 bits per heavy atom. The summed E-state index contributed by atoms with van der Waals surface area (Å²) in [6.45, 7) is 52.1. The minimum absolute atomic E-state index is 0.000816. The highest BCUT2D eigenvalue weighted by Gasteiger charge is 2.59. The van der Waals surface area contributed by atoms with Gasteiger partial charge in [-0.25, -0.2) is 0 Å². The highest BCUT2D eigenvalue weighted by Crippen LogP contribution is 2.64. The van der Waals surface area contributed by atoms with Crippen LogP contribution in [0.3, 0.4) is 0 Å². The third-order valence-corrected chi connectivity index (χ3v) is 25.5. The van der Waals surface area contributed by atoms with Gasteiger partial charge in [-0.3, -0.25) is 0 Å². The summed E-state index contributed by atoms with van der Waals surface area (Å²) >= 11 is 0.